The van der Waals surface area contributed by atoms with Crippen LogP contribution in [0.4, 0.5) is 0 Å². The number of aliphatic hydroxyl groups is 3. The molecule has 0 aromatic heterocycles. The van der Waals surface area contributed by atoms with Crippen LogP contribution in [0.3, 0.4) is 0 Å². The summed E-state index contributed by atoms with van der Waals surface area (Å²) in [5, 5.41) is 29.0. The van der Waals surface area contributed by atoms with Gasteiger partial charge in [0.15, 0.2) is 11.9 Å². The minimum atomic E-state index is -4.98. The number of aliphatic hydroxyl groups excluding tert-OH is 1. The summed E-state index contributed by atoms with van der Waals surface area (Å²) < 4.78 is 22.0. The minimum Gasteiger partial charge on any atom is -0.756 e. The first-order valence-electron chi connectivity index (χ1n) is 12.9. The Balaban J connectivity index is 4.26. The second-order valence-corrected chi connectivity index (χ2v) is 11.6. The third kappa shape index (κ3) is 18.0. The zero-order valence-electron chi connectivity index (χ0n) is 21.9. The number of likely N-dealkylation sites (N-methyl/N-ethyl adjacent to an activating group) is 1. The van der Waals surface area contributed by atoms with E-state index < -0.39 is 32.1 Å². The van der Waals surface area contributed by atoms with Gasteiger partial charge in [0.2, 0.25) is 5.79 Å². The number of phosphoric ester groups is 1. The number of nitrogens with zero attached hydrogens (tertiary/aromatic N) is 1. The van der Waals surface area contributed by atoms with E-state index in [-0.39, 0.29) is 13.0 Å². The average Bonchev–Trinajstić information content (AvgIpc) is 2.74. The van der Waals surface area contributed by atoms with Crippen molar-refractivity contribution in [2.24, 2.45) is 0 Å². The second kappa shape index (κ2) is 18.0. The molecule has 0 rings (SSSR count). The van der Waals surface area contributed by atoms with Gasteiger partial charge in [-0.3, -0.25) is 9.36 Å². The minimum absolute atomic E-state index is 0.0792. The molecule has 0 aliphatic carbocycles. The third-order valence-electron chi connectivity index (χ3n) is 5.72. The van der Waals surface area contributed by atoms with Crippen LogP contribution in [0.1, 0.15) is 96.8 Å². The lowest BCUT2D eigenvalue weighted by atomic mass is 10.0. The highest BCUT2D eigenvalue weighted by atomic mass is 31.2. The molecule has 0 amide bonds. The summed E-state index contributed by atoms with van der Waals surface area (Å²) in [5.74, 6) is -3.81. The molecule has 0 heterocycles. The van der Waals surface area contributed by atoms with E-state index in [2.05, 4.69) is 6.92 Å². The van der Waals surface area contributed by atoms with E-state index >= 15 is 0 Å². The number of hydrogen-bond acceptors (Lipinski definition) is 8. The normalized spacial score (nSPS) is 15.3. The summed E-state index contributed by atoms with van der Waals surface area (Å²) in [4.78, 5) is 24.6. The second-order valence-electron chi connectivity index (χ2n) is 10.3. The van der Waals surface area contributed by atoms with Gasteiger partial charge >= 0.3 is 0 Å². The highest BCUT2D eigenvalue weighted by molar-refractivity contribution is 7.45. The first-order valence-corrected chi connectivity index (χ1v) is 14.3. The molecule has 0 aromatic carbocycles. The number of carbonyl (C=O) groups is 1. The van der Waals surface area contributed by atoms with Crippen molar-refractivity contribution in [1.29, 1.82) is 0 Å². The van der Waals surface area contributed by atoms with Crippen molar-refractivity contribution < 1.29 is 43.1 Å². The van der Waals surface area contributed by atoms with E-state index in [0.29, 0.717) is 17.4 Å². The lowest BCUT2D eigenvalue weighted by Crippen LogP contribution is -2.51. The number of rotatable bonds is 23. The van der Waals surface area contributed by atoms with Crippen molar-refractivity contribution in [1.82, 2.24) is 0 Å². The molecule has 0 fully saturated rings. The molecule has 204 valence electrons. The molecule has 3 N–H and O–H groups in total. The molecule has 34 heavy (non-hydrogen) atoms. The summed E-state index contributed by atoms with van der Waals surface area (Å²) in [5.41, 5.74) is 0. The van der Waals surface area contributed by atoms with Crippen molar-refractivity contribution >= 4 is 13.6 Å². The number of ketones is 1. The Morgan fingerprint density at radius 3 is 1.76 bits per heavy atom. The number of quaternary nitrogens is 1. The summed E-state index contributed by atoms with van der Waals surface area (Å²) in [7, 11) is 0.560. The fourth-order valence-corrected chi connectivity index (χ4v) is 4.43. The standard InChI is InChI=1S/C24H50NO8P/c1-5-6-7-8-9-10-11-12-13-14-15-16-17-18-22(27)23(24(28,29)21-26)33-34(30,31)32-20-19-25(2,3)4/h23,26,28-29H,5-21H2,1-4H3. The van der Waals surface area contributed by atoms with Crippen LogP contribution in [-0.4, -0.2) is 78.4 Å². The molecule has 0 aliphatic heterocycles. The zero-order valence-corrected chi connectivity index (χ0v) is 22.8. The van der Waals surface area contributed by atoms with Crippen LogP contribution in [0.15, 0.2) is 0 Å². The van der Waals surface area contributed by atoms with Gasteiger partial charge in [-0.05, 0) is 6.42 Å². The SMILES string of the molecule is CCCCCCCCCCCCCCCC(=O)C(OP(=O)([O-])OCC[N+](C)(C)C)C(O)(O)CO. The molecule has 0 radical (unpaired) electrons. The molecular weight excluding hydrogens is 461 g/mol. The van der Waals surface area contributed by atoms with E-state index in [9.17, 15) is 29.6 Å². The van der Waals surface area contributed by atoms with Crippen LogP contribution in [0.5, 0.6) is 0 Å². The molecule has 10 heteroatoms. The van der Waals surface area contributed by atoms with Gasteiger partial charge in [0.25, 0.3) is 7.82 Å². The summed E-state index contributed by atoms with van der Waals surface area (Å²) in [6.45, 7) is 1.14. The van der Waals surface area contributed by atoms with E-state index in [1.165, 1.54) is 51.4 Å². The Kier molecular flexibility index (Phi) is 17.8. The van der Waals surface area contributed by atoms with Crippen molar-refractivity contribution in [3.63, 3.8) is 0 Å². The highest BCUT2D eigenvalue weighted by Gasteiger charge is 2.42. The molecule has 0 aromatic rings. The Labute approximate surface area is 206 Å². The fourth-order valence-electron chi connectivity index (χ4n) is 3.52. The maximum absolute atomic E-state index is 12.5. The maximum Gasteiger partial charge on any atom is 0.268 e. The van der Waals surface area contributed by atoms with E-state index in [1.54, 1.807) is 0 Å². The number of hydrogen-bond donors (Lipinski definition) is 3. The van der Waals surface area contributed by atoms with Crippen LogP contribution in [0.2, 0.25) is 0 Å². The molecule has 0 saturated heterocycles. The molecule has 0 aliphatic rings. The number of unbranched alkanes of at least 4 members (excludes halogenated alkanes) is 12. The summed E-state index contributed by atoms with van der Waals surface area (Å²) in [6.07, 6.45) is 12.5. The largest absolute Gasteiger partial charge is 0.756 e. The molecule has 0 bridgehead atoms. The molecule has 2 unspecified atom stereocenters. The van der Waals surface area contributed by atoms with Gasteiger partial charge in [-0.2, -0.15) is 0 Å². The lowest BCUT2D eigenvalue weighted by Gasteiger charge is -2.34. The molecule has 9 nitrogen and oxygen atoms in total. The van der Waals surface area contributed by atoms with E-state index in [4.69, 9.17) is 9.05 Å². The number of carbonyl (C=O) groups excluding carboxylic acids is 1. The first kappa shape index (κ1) is 33.6. The van der Waals surface area contributed by atoms with Crippen molar-refractivity contribution in [2.45, 2.75) is 109 Å². The van der Waals surface area contributed by atoms with Crippen LogP contribution in [0, 0.1) is 0 Å². The summed E-state index contributed by atoms with van der Waals surface area (Å²) in [6, 6.07) is 0. The Bertz CT molecular complexity index is 580. The van der Waals surface area contributed by atoms with Gasteiger partial charge in [0.05, 0.1) is 21.1 Å². The van der Waals surface area contributed by atoms with Gasteiger partial charge < -0.3 is 33.7 Å². The van der Waals surface area contributed by atoms with Crippen LogP contribution >= 0.6 is 7.82 Å². The predicted octanol–water partition coefficient (Wildman–Crippen LogP) is 3.29. The number of phosphoric acid groups is 1. The zero-order chi connectivity index (χ0) is 26.1. The molecular formula is C24H50NO8P. The van der Waals surface area contributed by atoms with Crippen LogP contribution in [0.25, 0.3) is 0 Å². The number of Topliss-reactive ketones (excluding diaryl/α,β-unsaturated/α-hetero) is 1. The predicted molar refractivity (Wildman–Crippen MR) is 131 cm³/mol. The monoisotopic (exact) mass is 511 g/mol. The van der Waals surface area contributed by atoms with Crippen molar-refractivity contribution in [3.8, 4) is 0 Å². The van der Waals surface area contributed by atoms with Crippen molar-refractivity contribution in [3.05, 3.63) is 0 Å². The topological polar surface area (TPSA) is 136 Å². The van der Waals surface area contributed by atoms with Gasteiger partial charge in [-0.15, -0.1) is 0 Å². The Hall–Kier alpha value is -0.380. The molecule has 0 spiro atoms. The summed E-state index contributed by atoms with van der Waals surface area (Å²) >= 11 is 0. The highest BCUT2D eigenvalue weighted by Crippen LogP contribution is 2.42. The first-order chi connectivity index (χ1) is 15.8. The van der Waals surface area contributed by atoms with Gasteiger partial charge in [0.1, 0.15) is 19.8 Å². The lowest BCUT2D eigenvalue weighted by molar-refractivity contribution is -0.870. The van der Waals surface area contributed by atoms with Gasteiger partial charge in [-0.25, -0.2) is 0 Å². The molecule has 2 atom stereocenters. The van der Waals surface area contributed by atoms with Crippen molar-refractivity contribution in [2.75, 3.05) is 40.9 Å². The Morgan fingerprint density at radius 2 is 1.35 bits per heavy atom. The average molecular weight is 512 g/mol. The maximum atomic E-state index is 12.5. The van der Waals surface area contributed by atoms with E-state index in [1.807, 2.05) is 21.1 Å². The van der Waals surface area contributed by atoms with Crippen LogP contribution in [-0.2, 0) is 18.4 Å². The van der Waals surface area contributed by atoms with Crippen LogP contribution < -0.4 is 4.89 Å². The Morgan fingerprint density at radius 1 is 0.912 bits per heavy atom. The quantitative estimate of drug-likeness (QED) is 0.0823. The molecule has 0 saturated carbocycles. The fraction of sp³-hybridized carbons (Fsp3) is 0.958. The van der Waals surface area contributed by atoms with Gasteiger partial charge in [-0.1, -0.05) is 84.0 Å². The smallest absolute Gasteiger partial charge is 0.268 e. The third-order valence-corrected chi connectivity index (χ3v) is 6.69. The van der Waals surface area contributed by atoms with E-state index in [0.717, 1.165) is 25.7 Å². The van der Waals surface area contributed by atoms with Gasteiger partial charge in [0, 0.05) is 6.42 Å².